The molecule has 0 fully saturated rings. The van der Waals surface area contributed by atoms with Gasteiger partial charge >= 0.3 is 0 Å². The molecule has 0 bridgehead atoms. The number of nitrogens with two attached hydrogens (primary N) is 1. The summed E-state index contributed by atoms with van der Waals surface area (Å²) in [6.45, 7) is 0.332. The second-order valence-electron chi connectivity index (χ2n) is 4.83. The molecule has 3 aromatic heterocycles. The first-order valence-corrected chi connectivity index (χ1v) is 7.64. The van der Waals surface area contributed by atoms with Gasteiger partial charge < -0.3 is 10.2 Å². The zero-order valence-corrected chi connectivity index (χ0v) is 12.3. The third-order valence-corrected chi connectivity index (χ3v) is 4.37. The van der Waals surface area contributed by atoms with E-state index in [1.165, 1.54) is 23.5 Å². The lowest BCUT2D eigenvalue weighted by molar-refractivity contribution is 0.579. The summed E-state index contributed by atoms with van der Waals surface area (Å²) in [7, 11) is 0. The van der Waals surface area contributed by atoms with E-state index in [1.54, 1.807) is 18.4 Å². The van der Waals surface area contributed by atoms with Crippen LogP contribution in [-0.2, 0) is 6.54 Å². The fraction of sp³-hybridized carbons (Fsp3) is 0.0625. The van der Waals surface area contributed by atoms with Gasteiger partial charge in [0, 0.05) is 17.5 Å². The second kappa shape index (κ2) is 5.08. The molecule has 4 rings (SSSR count). The number of thiazole rings is 1. The SMILES string of the molecule is NCc1c(-c2ccc(F)cc2)nc2scc(-c3ccco3)n12. The molecule has 0 spiro atoms. The van der Waals surface area contributed by atoms with Crippen molar-refractivity contribution in [2.45, 2.75) is 6.54 Å². The zero-order valence-electron chi connectivity index (χ0n) is 11.5. The number of nitrogens with zero attached hydrogens (tertiary/aromatic N) is 2. The summed E-state index contributed by atoms with van der Waals surface area (Å²) in [5.74, 6) is 0.499. The summed E-state index contributed by atoms with van der Waals surface area (Å²) in [5, 5.41) is 1.99. The van der Waals surface area contributed by atoms with E-state index in [1.807, 2.05) is 21.9 Å². The van der Waals surface area contributed by atoms with Crippen molar-refractivity contribution in [1.82, 2.24) is 9.38 Å². The summed E-state index contributed by atoms with van der Waals surface area (Å²) in [4.78, 5) is 5.49. The molecule has 3 heterocycles. The maximum atomic E-state index is 13.1. The largest absolute Gasteiger partial charge is 0.463 e. The number of halogens is 1. The van der Waals surface area contributed by atoms with Crippen LogP contribution in [0.4, 0.5) is 4.39 Å². The molecular formula is C16H12FN3OS. The van der Waals surface area contributed by atoms with Gasteiger partial charge in [-0.25, -0.2) is 9.37 Å². The molecule has 0 radical (unpaired) electrons. The van der Waals surface area contributed by atoms with Gasteiger partial charge in [-0.2, -0.15) is 0 Å². The molecular weight excluding hydrogens is 301 g/mol. The van der Waals surface area contributed by atoms with Gasteiger partial charge in [-0.15, -0.1) is 11.3 Å². The smallest absolute Gasteiger partial charge is 0.195 e. The minimum atomic E-state index is -0.268. The third kappa shape index (κ3) is 1.96. The molecule has 4 nitrogen and oxygen atoms in total. The molecule has 4 aromatic rings. The highest BCUT2D eigenvalue weighted by molar-refractivity contribution is 7.15. The number of imidazole rings is 1. The van der Waals surface area contributed by atoms with Crippen LogP contribution >= 0.6 is 11.3 Å². The fourth-order valence-electron chi connectivity index (χ4n) is 2.54. The van der Waals surface area contributed by atoms with E-state index < -0.39 is 0 Å². The van der Waals surface area contributed by atoms with Crippen LogP contribution < -0.4 is 5.73 Å². The number of hydrogen-bond donors (Lipinski definition) is 1. The number of hydrogen-bond acceptors (Lipinski definition) is 4. The van der Waals surface area contributed by atoms with E-state index in [0.717, 1.165) is 33.4 Å². The maximum Gasteiger partial charge on any atom is 0.195 e. The molecule has 0 saturated heterocycles. The average molecular weight is 313 g/mol. The lowest BCUT2D eigenvalue weighted by atomic mass is 10.1. The molecule has 0 saturated carbocycles. The van der Waals surface area contributed by atoms with Crippen LogP contribution in [0, 0.1) is 5.82 Å². The van der Waals surface area contributed by atoms with E-state index in [9.17, 15) is 4.39 Å². The number of aromatic nitrogens is 2. The molecule has 0 atom stereocenters. The predicted molar refractivity (Wildman–Crippen MR) is 84.1 cm³/mol. The summed E-state index contributed by atoms with van der Waals surface area (Å²) < 4.78 is 20.6. The van der Waals surface area contributed by atoms with Crippen LogP contribution in [-0.4, -0.2) is 9.38 Å². The highest BCUT2D eigenvalue weighted by Gasteiger charge is 2.18. The van der Waals surface area contributed by atoms with Gasteiger partial charge in [0.1, 0.15) is 11.5 Å². The van der Waals surface area contributed by atoms with E-state index in [4.69, 9.17) is 10.2 Å². The van der Waals surface area contributed by atoms with Gasteiger partial charge in [0.25, 0.3) is 0 Å². The lowest BCUT2D eigenvalue weighted by Crippen LogP contribution is -2.03. The molecule has 0 aliphatic rings. The Kier molecular flexibility index (Phi) is 3.06. The van der Waals surface area contributed by atoms with Crippen LogP contribution in [0.5, 0.6) is 0 Å². The molecule has 1 aromatic carbocycles. The van der Waals surface area contributed by atoms with Crippen molar-refractivity contribution in [2.24, 2.45) is 5.73 Å². The average Bonchev–Trinajstić information content (AvgIpc) is 3.23. The van der Waals surface area contributed by atoms with Gasteiger partial charge in [0.15, 0.2) is 10.7 Å². The van der Waals surface area contributed by atoms with Gasteiger partial charge in [0.2, 0.25) is 0 Å². The predicted octanol–water partition coefficient (Wildman–Crippen LogP) is 3.92. The van der Waals surface area contributed by atoms with E-state index in [0.29, 0.717) is 6.54 Å². The maximum absolute atomic E-state index is 13.1. The molecule has 22 heavy (non-hydrogen) atoms. The number of fused-ring (bicyclic) bond motifs is 1. The summed E-state index contributed by atoms with van der Waals surface area (Å²) in [5.41, 5.74) is 9.38. The van der Waals surface area contributed by atoms with Crippen LogP contribution in [0.15, 0.2) is 52.5 Å². The van der Waals surface area contributed by atoms with Crippen molar-refractivity contribution in [3.63, 3.8) is 0 Å². The van der Waals surface area contributed by atoms with Gasteiger partial charge in [0.05, 0.1) is 17.7 Å². The van der Waals surface area contributed by atoms with Gasteiger partial charge in [-0.05, 0) is 36.4 Å². The van der Waals surface area contributed by atoms with Crippen LogP contribution in [0.3, 0.4) is 0 Å². The molecule has 0 aliphatic carbocycles. The van der Waals surface area contributed by atoms with Crippen molar-refractivity contribution in [3.8, 4) is 22.7 Å². The first kappa shape index (κ1) is 13.2. The van der Waals surface area contributed by atoms with Crippen molar-refractivity contribution >= 4 is 16.3 Å². The van der Waals surface area contributed by atoms with E-state index in [2.05, 4.69) is 4.98 Å². The Morgan fingerprint density at radius 1 is 1.23 bits per heavy atom. The van der Waals surface area contributed by atoms with E-state index in [-0.39, 0.29) is 5.82 Å². The first-order chi connectivity index (χ1) is 10.8. The Morgan fingerprint density at radius 3 is 2.73 bits per heavy atom. The number of benzene rings is 1. The highest BCUT2D eigenvalue weighted by atomic mass is 32.1. The quantitative estimate of drug-likeness (QED) is 0.623. The Bertz CT molecular complexity index is 923. The van der Waals surface area contributed by atoms with Crippen molar-refractivity contribution in [1.29, 1.82) is 0 Å². The molecule has 0 unspecified atom stereocenters. The summed E-state index contributed by atoms with van der Waals surface area (Å²) >= 11 is 1.52. The Hall–Kier alpha value is -2.44. The van der Waals surface area contributed by atoms with Crippen molar-refractivity contribution in [3.05, 3.63) is 59.6 Å². The van der Waals surface area contributed by atoms with Gasteiger partial charge in [-0.3, -0.25) is 4.40 Å². The van der Waals surface area contributed by atoms with Gasteiger partial charge in [-0.1, -0.05) is 0 Å². The fourth-order valence-corrected chi connectivity index (χ4v) is 3.44. The highest BCUT2D eigenvalue weighted by Crippen LogP contribution is 2.32. The molecule has 0 aliphatic heterocycles. The second-order valence-corrected chi connectivity index (χ2v) is 5.67. The van der Waals surface area contributed by atoms with Crippen LogP contribution in [0.25, 0.3) is 27.7 Å². The normalized spacial score (nSPS) is 11.4. The van der Waals surface area contributed by atoms with Crippen molar-refractivity contribution in [2.75, 3.05) is 0 Å². The monoisotopic (exact) mass is 313 g/mol. The van der Waals surface area contributed by atoms with Crippen molar-refractivity contribution < 1.29 is 8.81 Å². The molecule has 110 valence electrons. The standard InChI is InChI=1S/C16H12FN3OS/c17-11-5-3-10(4-6-11)15-12(8-18)20-13(9-22-16(20)19-15)14-2-1-7-21-14/h1-7,9H,8,18H2. The molecule has 6 heteroatoms. The van der Waals surface area contributed by atoms with Crippen LogP contribution in [0.1, 0.15) is 5.69 Å². The Morgan fingerprint density at radius 2 is 2.05 bits per heavy atom. The lowest BCUT2D eigenvalue weighted by Gasteiger charge is -2.03. The molecule has 2 N–H and O–H groups in total. The Balaban J connectivity index is 1.96. The third-order valence-electron chi connectivity index (χ3n) is 3.54. The number of furan rings is 1. The molecule has 0 amide bonds. The first-order valence-electron chi connectivity index (χ1n) is 6.76. The zero-order chi connectivity index (χ0) is 15.1. The Labute approximate surface area is 129 Å². The summed E-state index contributed by atoms with van der Waals surface area (Å²) in [6.07, 6.45) is 1.64. The minimum absolute atomic E-state index is 0.268. The van der Waals surface area contributed by atoms with Crippen LogP contribution in [0.2, 0.25) is 0 Å². The summed E-state index contributed by atoms with van der Waals surface area (Å²) in [6, 6.07) is 10.0. The number of rotatable bonds is 3. The topological polar surface area (TPSA) is 56.5 Å². The minimum Gasteiger partial charge on any atom is -0.463 e. The van der Waals surface area contributed by atoms with E-state index >= 15 is 0 Å².